The highest BCUT2D eigenvalue weighted by atomic mass is 19.1. The Balaban J connectivity index is 3.24. The second-order valence-electron chi connectivity index (χ2n) is 2.99. The summed E-state index contributed by atoms with van der Waals surface area (Å²) in [5.74, 6) is 0. The van der Waals surface area contributed by atoms with Crippen molar-refractivity contribution in [3.05, 3.63) is 28.6 Å². The van der Waals surface area contributed by atoms with Crippen LogP contribution in [0.2, 0.25) is 0 Å². The lowest BCUT2D eigenvalue weighted by Gasteiger charge is -2.08. The maximum Gasteiger partial charge on any atom is 0.132 e. The summed E-state index contributed by atoms with van der Waals surface area (Å²) < 4.78 is 12.5. The molecule has 0 bridgehead atoms. The predicted octanol–water partition coefficient (Wildman–Crippen LogP) is 2.73. The van der Waals surface area contributed by atoms with E-state index in [-0.39, 0.29) is 0 Å². The van der Waals surface area contributed by atoms with Gasteiger partial charge in [0, 0.05) is 5.69 Å². The van der Waals surface area contributed by atoms with Crippen LogP contribution in [-0.4, -0.2) is 4.98 Å². The summed E-state index contributed by atoms with van der Waals surface area (Å²) >= 11 is 0. The lowest BCUT2D eigenvalue weighted by atomic mass is 10.0. The van der Waals surface area contributed by atoms with Gasteiger partial charge < -0.3 is 0 Å². The van der Waals surface area contributed by atoms with E-state index in [4.69, 9.17) is 0 Å². The fourth-order valence-electron chi connectivity index (χ4n) is 1.53. The third-order valence-electron chi connectivity index (χ3n) is 2.04. The highest BCUT2D eigenvalue weighted by Gasteiger charge is 2.05. The standard InChI is InChI=1S/C10H14FN/c1-4-9-7(2)5-8(3)12-10(9)6-11/h5H,4,6H2,1-3H3. The van der Waals surface area contributed by atoms with E-state index in [9.17, 15) is 4.39 Å². The lowest BCUT2D eigenvalue weighted by Crippen LogP contribution is -1.99. The molecule has 2 heteroatoms. The number of aromatic nitrogens is 1. The molecule has 0 unspecified atom stereocenters. The van der Waals surface area contributed by atoms with E-state index in [1.807, 2.05) is 26.8 Å². The van der Waals surface area contributed by atoms with Crippen LogP contribution in [0.5, 0.6) is 0 Å². The number of aryl methyl sites for hydroxylation is 2. The van der Waals surface area contributed by atoms with Crippen molar-refractivity contribution < 1.29 is 4.39 Å². The highest BCUT2D eigenvalue weighted by Crippen LogP contribution is 2.15. The molecule has 0 N–H and O–H groups in total. The molecular formula is C10H14FN. The molecule has 0 spiro atoms. The molecule has 0 amide bonds. The summed E-state index contributed by atoms with van der Waals surface area (Å²) in [6, 6.07) is 2.00. The molecule has 12 heavy (non-hydrogen) atoms. The van der Waals surface area contributed by atoms with Crippen LogP contribution in [0, 0.1) is 13.8 Å². The third-order valence-corrected chi connectivity index (χ3v) is 2.04. The van der Waals surface area contributed by atoms with E-state index in [0.717, 1.165) is 23.2 Å². The second-order valence-corrected chi connectivity index (χ2v) is 2.99. The van der Waals surface area contributed by atoms with E-state index in [0.29, 0.717) is 5.69 Å². The summed E-state index contributed by atoms with van der Waals surface area (Å²) in [5.41, 5.74) is 3.72. The van der Waals surface area contributed by atoms with Gasteiger partial charge >= 0.3 is 0 Å². The van der Waals surface area contributed by atoms with Gasteiger partial charge in [-0.15, -0.1) is 0 Å². The van der Waals surface area contributed by atoms with E-state index in [2.05, 4.69) is 4.98 Å². The summed E-state index contributed by atoms with van der Waals surface area (Å²) in [6.07, 6.45) is 0.859. The molecule has 0 aliphatic heterocycles. The highest BCUT2D eigenvalue weighted by molar-refractivity contribution is 5.31. The van der Waals surface area contributed by atoms with Gasteiger partial charge in [0.15, 0.2) is 0 Å². The fourth-order valence-corrected chi connectivity index (χ4v) is 1.53. The average molecular weight is 167 g/mol. The Labute approximate surface area is 72.6 Å². The first-order chi connectivity index (χ1) is 5.69. The molecule has 66 valence electrons. The lowest BCUT2D eigenvalue weighted by molar-refractivity contribution is 0.472. The Kier molecular flexibility index (Phi) is 2.79. The zero-order valence-electron chi connectivity index (χ0n) is 7.82. The van der Waals surface area contributed by atoms with Gasteiger partial charge in [-0.25, -0.2) is 4.39 Å². The van der Waals surface area contributed by atoms with Crippen molar-refractivity contribution in [1.29, 1.82) is 0 Å². The predicted molar refractivity (Wildman–Crippen MR) is 47.9 cm³/mol. The molecule has 0 aliphatic rings. The van der Waals surface area contributed by atoms with Gasteiger partial charge in [0.05, 0.1) is 5.69 Å². The SMILES string of the molecule is CCc1c(C)cc(C)nc1CF. The number of pyridine rings is 1. The van der Waals surface area contributed by atoms with Crippen LogP contribution in [0.4, 0.5) is 4.39 Å². The van der Waals surface area contributed by atoms with Crippen molar-refractivity contribution >= 4 is 0 Å². The molecule has 0 aromatic carbocycles. The van der Waals surface area contributed by atoms with Gasteiger partial charge in [-0.2, -0.15) is 0 Å². The Morgan fingerprint density at radius 3 is 2.58 bits per heavy atom. The van der Waals surface area contributed by atoms with Crippen LogP contribution in [0.25, 0.3) is 0 Å². The fraction of sp³-hybridized carbons (Fsp3) is 0.500. The van der Waals surface area contributed by atoms with E-state index in [1.54, 1.807) is 0 Å². The molecular weight excluding hydrogens is 153 g/mol. The quantitative estimate of drug-likeness (QED) is 0.660. The smallest absolute Gasteiger partial charge is 0.132 e. The van der Waals surface area contributed by atoms with E-state index >= 15 is 0 Å². The number of hydrogen-bond acceptors (Lipinski definition) is 1. The van der Waals surface area contributed by atoms with Crippen molar-refractivity contribution in [2.24, 2.45) is 0 Å². The molecule has 1 aromatic rings. The maximum absolute atomic E-state index is 12.5. The van der Waals surface area contributed by atoms with E-state index in [1.165, 1.54) is 0 Å². The van der Waals surface area contributed by atoms with Crippen molar-refractivity contribution in [2.45, 2.75) is 33.9 Å². The monoisotopic (exact) mass is 167 g/mol. The number of halogens is 1. The van der Waals surface area contributed by atoms with Crippen molar-refractivity contribution in [3.63, 3.8) is 0 Å². The molecule has 0 saturated heterocycles. The zero-order valence-corrected chi connectivity index (χ0v) is 7.82. The molecule has 0 atom stereocenters. The Hall–Kier alpha value is -0.920. The molecule has 1 rings (SSSR count). The number of rotatable bonds is 2. The van der Waals surface area contributed by atoms with Crippen LogP contribution < -0.4 is 0 Å². The molecule has 1 nitrogen and oxygen atoms in total. The van der Waals surface area contributed by atoms with Gasteiger partial charge in [-0.1, -0.05) is 6.92 Å². The van der Waals surface area contributed by atoms with Crippen LogP contribution in [0.1, 0.15) is 29.4 Å². The maximum atomic E-state index is 12.5. The summed E-state index contributed by atoms with van der Waals surface area (Å²) in [5, 5.41) is 0. The van der Waals surface area contributed by atoms with E-state index < -0.39 is 6.67 Å². The van der Waals surface area contributed by atoms with Crippen molar-refractivity contribution in [1.82, 2.24) is 4.98 Å². The second kappa shape index (κ2) is 3.65. The molecule has 1 aromatic heterocycles. The van der Waals surface area contributed by atoms with Gasteiger partial charge in [0.2, 0.25) is 0 Å². The number of nitrogens with zero attached hydrogens (tertiary/aromatic N) is 1. The van der Waals surface area contributed by atoms with Gasteiger partial charge in [0.1, 0.15) is 6.67 Å². The summed E-state index contributed by atoms with van der Waals surface area (Å²) in [7, 11) is 0. The van der Waals surface area contributed by atoms with Crippen molar-refractivity contribution in [3.8, 4) is 0 Å². The summed E-state index contributed by atoms with van der Waals surface area (Å²) in [6.45, 7) is 5.47. The Bertz CT molecular complexity index is 281. The molecule has 0 saturated carbocycles. The summed E-state index contributed by atoms with van der Waals surface area (Å²) in [4.78, 5) is 4.15. The first-order valence-electron chi connectivity index (χ1n) is 4.21. The number of hydrogen-bond donors (Lipinski definition) is 0. The Morgan fingerprint density at radius 2 is 2.08 bits per heavy atom. The Morgan fingerprint density at radius 1 is 1.42 bits per heavy atom. The molecule has 0 fully saturated rings. The van der Waals surface area contributed by atoms with Crippen LogP contribution in [-0.2, 0) is 13.1 Å². The van der Waals surface area contributed by atoms with Crippen LogP contribution >= 0.6 is 0 Å². The normalized spacial score (nSPS) is 10.3. The minimum atomic E-state index is -0.453. The van der Waals surface area contributed by atoms with Gasteiger partial charge in [0.25, 0.3) is 0 Å². The number of alkyl halides is 1. The topological polar surface area (TPSA) is 12.9 Å². The van der Waals surface area contributed by atoms with Crippen LogP contribution in [0.15, 0.2) is 6.07 Å². The van der Waals surface area contributed by atoms with Crippen molar-refractivity contribution in [2.75, 3.05) is 0 Å². The minimum Gasteiger partial charge on any atom is -0.255 e. The van der Waals surface area contributed by atoms with Gasteiger partial charge in [-0.3, -0.25) is 4.98 Å². The van der Waals surface area contributed by atoms with Gasteiger partial charge in [-0.05, 0) is 37.5 Å². The minimum absolute atomic E-state index is 0.453. The molecule has 0 radical (unpaired) electrons. The zero-order chi connectivity index (χ0) is 9.14. The van der Waals surface area contributed by atoms with Crippen LogP contribution in [0.3, 0.4) is 0 Å². The first-order valence-corrected chi connectivity index (χ1v) is 4.21. The molecule has 1 heterocycles. The molecule has 0 aliphatic carbocycles. The largest absolute Gasteiger partial charge is 0.255 e. The first kappa shape index (κ1) is 9.17. The average Bonchev–Trinajstić information content (AvgIpc) is 2.03. The third kappa shape index (κ3) is 1.63.